The average Bonchev–Trinajstić information content (AvgIpc) is 3.18. The molecular weight excluding hydrogens is 226 g/mol. The summed E-state index contributed by atoms with van der Waals surface area (Å²) in [6, 6.07) is 5.73. The van der Waals surface area contributed by atoms with Crippen molar-refractivity contribution in [1.82, 2.24) is 24.9 Å². The van der Waals surface area contributed by atoms with Gasteiger partial charge in [0.2, 0.25) is 0 Å². The molecule has 1 aliphatic carbocycles. The van der Waals surface area contributed by atoms with Crippen molar-refractivity contribution in [3.8, 4) is 11.5 Å². The van der Waals surface area contributed by atoms with Gasteiger partial charge in [-0.05, 0) is 31.0 Å². The van der Waals surface area contributed by atoms with Crippen molar-refractivity contribution in [3.05, 3.63) is 36.4 Å². The molecule has 5 heteroatoms. The molecule has 1 N–H and O–H groups in total. The molecule has 0 aromatic carbocycles. The Morgan fingerprint density at radius 3 is 2.83 bits per heavy atom. The van der Waals surface area contributed by atoms with Crippen LogP contribution in [-0.2, 0) is 0 Å². The molecule has 1 fully saturated rings. The van der Waals surface area contributed by atoms with Crippen molar-refractivity contribution < 1.29 is 0 Å². The first-order chi connectivity index (χ1) is 8.90. The van der Waals surface area contributed by atoms with Crippen molar-refractivity contribution in [2.24, 2.45) is 0 Å². The Balaban J connectivity index is 1.83. The molecule has 0 spiro atoms. The summed E-state index contributed by atoms with van der Waals surface area (Å²) in [4.78, 5) is 20.8. The number of aromatic amines is 1. The standard InChI is InChI=1S/C13H11N5/c1-2-9-12(14-6-1)18-13(17-9)10-5-7-15-11(16-10)8-3-4-8/h1-2,5-8H,3-4H2,(H,14,17,18). The van der Waals surface area contributed by atoms with Crippen LogP contribution in [0.3, 0.4) is 0 Å². The Labute approximate surface area is 103 Å². The number of pyridine rings is 1. The predicted molar refractivity (Wildman–Crippen MR) is 66.9 cm³/mol. The molecule has 1 saturated carbocycles. The fourth-order valence-electron chi connectivity index (χ4n) is 2.01. The van der Waals surface area contributed by atoms with Gasteiger partial charge >= 0.3 is 0 Å². The second-order valence-corrected chi connectivity index (χ2v) is 4.53. The van der Waals surface area contributed by atoms with Crippen LogP contribution in [0, 0.1) is 0 Å². The predicted octanol–water partition coefficient (Wildman–Crippen LogP) is 2.29. The molecule has 0 amide bonds. The second-order valence-electron chi connectivity index (χ2n) is 4.53. The van der Waals surface area contributed by atoms with Gasteiger partial charge in [0, 0.05) is 18.3 Å². The quantitative estimate of drug-likeness (QED) is 0.742. The zero-order valence-electron chi connectivity index (χ0n) is 9.67. The highest BCUT2D eigenvalue weighted by molar-refractivity contribution is 5.74. The first-order valence-corrected chi connectivity index (χ1v) is 6.04. The van der Waals surface area contributed by atoms with E-state index in [2.05, 4.69) is 24.9 Å². The Kier molecular flexibility index (Phi) is 1.94. The van der Waals surface area contributed by atoms with E-state index in [1.54, 1.807) is 12.4 Å². The van der Waals surface area contributed by atoms with Gasteiger partial charge in [-0.2, -0.15) is 0 Å². The maximum Gasteiger partial charge on any atom is 0.178 e. The SMILES string of the molecule is c1cnc2nc(-c3ccnc(C4CC4)n3)[nH]c2c1. The third-order valence-corrected chi connectivity index (χ3v) is 3.12. The zero-order valence-corrected chi connectivity index (χ0v) is 9.67. The third-order valence-electron chi connectivity index (χ3n) is 3.12. The smallest absolute Gasteiger partial charge is 0.178 e. The Morgan fingerprint density at radius 2 is 2.00 bits per heavy atom. The summed E-state index contributed by atoms with van der Waals surface area (Å²) < 4.78 is 0. The molecule has 88 valence electrons. The van der Waals surface area contributed by atoms with Crippen molar-refractivity contribution >= 4 is 11.2 Å². The van der Waals surface area contributed by atoms with Gasteiger partial charge < -0.3 is 4.98 Å². The number of H-pyrrole nitrogens is 1. The first-order valence-electron chi connectivity index (χ1n) is 6.04. The number of nitrogens with one attached hydrogen (secondary N) is 1. The molecule has 0 radical (unpaired) electrons. The molecule has 0 atom stereocenters. The minimum absolute atomic E-state index is 0.549. The maximum atomic E-state index is 4.57. The number of imidazole rings is 1. The van der Waals surface area contributed by atoms with Crippen LogP contribution in [0.15, 0.2) is 30.6 Å². The van der Waals surface area contributed by atoms with Crippen LogP contribution >= 0.6 is 0 Å². The fourth-order valence-corrected chi connectivity index (χ4v) is 2.01. The second kappa shape index (κ2) is 3.60. The minimum atomic E-state index is 0.549. The van der Waals surface area contributed by atoms with Crippen LogP contribution in [0.5, 0.6) is 0 Å². The molecule has 0 bridgehead atoms. The maximum absolute atomic E-state index is 4.57. The summed E-state index contributed by atoms with van der Waals surface area (Å²) in [7, 11) is 0. The molecule has 5 nitrogen and oxygen atoms in total. The molecule has 1 aliphatic rings. The number of nitrogens with zero attached hydrogens (tertiary/aromatic N) is 4. The van der Waals surface area contributed by atoms with E-state index in [0.717, 1.165) is 28.5 Å². The van der Waals surface area contributed by atoms with Gasteiger partial charge in [-0.25, -0.2) is 19.9 Å². The lowest BCUT2D eigenvalue weighted by Crippen LogP contribution is -1.94. The van der Waals surface area contributed by atoms with E-state index in [1.807, 2.05) is 18.2 Å². The lowest BCUT2D eigenvalue weighted by molar-refractivity contribution is 0.926. The molecule has 3 aromatic heterocycles. The number of aromatic nitrogens is 5. The van der Waals surface area contributed by atoms with Crippen LogP contribution in [0.4, 0.5) is 0 Å². The van der Waals surface area contributed by atoms with E-state index in [4.69, 9.17) is 0 Å². The van der Waals surface area contributed by atoms with Gasteiger partial charge in [0.25, 0.3) is 0 Å². The Bertz CT molecular complexity index is 681. The molecule has 0 aliphatic heterocycles. The topological polar surface area (TPSA) is 67.3 Å². The van der Waals surface area contributed by atoms with Gasteiger partial charge in [-0.15, -0.1) is 0 Å². The van der Waals surface area contributed by atoms with E-state index < -0.39 is 0 Å². The zero-order chi connectivity index (χ0) is 11.9. The van der Waals surface area contributed by atoms with E-state index in [9.17, 15) is 0 Å². The molecular formula is C13H11N5. The van der Waals surface area contributed by atoms with Gasteiger partial charge in [0.05, 0.1) is 5.52 Å². The van der Waals surface area contributed by atoms with Crippen molar-refractivity contribution in [1.29, 1.82) is 0 Å². The van der Waals surface area contributed by atoms with Gasteiger partial charge in [0.1, 0.15) is 11.5 Å². The summed E-state index contributed by atoms with van der Waals surface area (Å²) in [5.74, 6) is 2.24. The normalized spacial score (nSPS) is 15.1. The van der Waals surface area contributed by atoms with Gasteiger partial charge in [0.15, 0.2) is 11.5 Å². The fraction of sp³-hybridized carbons (Fsp3) is 0.231. The average molecular weight is 237 g/mol. The van der Waals surface area contributed by atoms with Crippen LogP contribution in [0.25, 0.3) is 22.7 Å². The van der Waals surface area contributed by atoms with E-state index in [0.29, 0.717) is 5.92 Å². The van der Waals surface area contributed by atoms with Crippen molar-refractivity contribution in [2.75, 3.05) is 0 Å². The number of hydrogen-bond donors (Lipinski definition) is 1. The highest BCUT2D eigenvalue weighted by Crippen LogP contribution is 2.38. The number of rotatable bonds is 2. The molecule has 3 aromatic rings. The lowest BCUT2D eigenvalue weighted by atomic mass is 10.3. The van der Waals surface area contributed by atoms with Gasteiger partial charge in [-0.1, -0.05) is 0 Å². The van der Waals surface area contributed by atoms with E-state index in [1.165, 1.54) is 12.8 Å². The molecule has 18 heavy (non-hydrogen) atoms. The third kappa shape index (κ3) is 1.55. The highest BCUT2D eigenvalue weighted by atomic mass is 15.0. The van der Waals surface area contributed by atoms with Crippen LogP contribution in [0.2, 0.25) is 0 Å². The van der Waals surface area contributed by atoms with Crippen molar-refractivity contribution in [3.63, 3.8) is 0 Å². The molecule has 0 saturated heterocycles. The monoisotopic (exact) mass is 237 g/mol. The Hall–Kier alpha value is -2.30. The lowest BCUT2D eigenvalue weighted by Gasteiger charge is -1.98. The van der Waals surface area contributed by atoms with E-state index >= 15 is 0 Å². The summed E-state index contributed by atoms with van der Waals surface area (Å²) in [6.45, 7) is 0. The summed E-state index contributed by atoms with van der Waals surface area (Å²) in [5, 5.41) is 0. The van der Waals surface area contributed by atoms with Crippen LogP contribution < -0.4 is 0 Å². The molecule has 4 rings (SSSR count). The van der Waals surface area contributed by atoms with Crippen LogP contribution in [0.1, 0.15) is 24.6 Å². The Morgan fingerprint density at radius 1 is 1.06 bits per heavy atom. The summed E-state index contributed by atoms with van der Waals surface area (Å²) in [6.07, 6.45) is 5.94. The van der Waals surface area contributed by atoms with Gasteiger partial charge in [-0.3, -0.25) is 0 Å². The number of fused-ring (bicyclic) bond motifs is 1. The minimum Gasteiger partial charge on any atom is -0.335 e. The number of hydrogen-bond acceptors (Lipinski definition) is 4. The largest absolute Gasteiger partial charge is 0.335 e. The summed E-state index contributed by atoms with van der Waals surface area (Å²) in [5.41, 5.74) is 2.49. The van der Waals surface area contributed by atoms with E-state index in [-0.39, 0.29) is 0 Å². The molecule has 0 unspecified atom stereocenters. The highest BCUT2D eigenvalue weighted by Gasteiger charge is 2.26. The molecule has 3 heterocycles. The van der Waals surface area contributed by atoms with Crippen molar-refractivity contribution in [2.45, 2.75) is 18.8 Å². The van der Waals surface area contributed by atoms with Crippen LogP contribution in [-0.4, -0.2) is 24.9 Å². The first kappa shape index (κ1) is 9.70. The summed E-state index contributed by atoms with van der Waals surface area (Å²) >= 11 is 0.